The van der Waals surface area contributed by atoms with E-state index in [2.05, 4.69) is 54.2 Å². The number of nitrogens with zero attached hydrogens (tertiary/aromatic N) is 2. The van der Waals surface area contributed by atoms with E-state index in [1.54, 1.807) is 0 Å². The van der Waals surface area contributed by atoms with Gasteiger partial charge in [0.1, 0.15) is 6.07 Å². The summed E-state index contributed by atoms with van der Waals surface area (Å²) in [6.45, 7) is 11.0. The first-order valence-electron chi connectivity index (χ1n) is 5.48. The van der Waals surface area contributed by atoms with E-state index in [9.17, 15) is 0 Å². The van der Waals surface area contributed by atoms with Gasteiger partial charge < -0.3 is 4.90 Å². The van der Waals surface area contributed by atoms with Gasteiger partial charge >= 0.3 is 0 Å². The lowest BCUT2D eigenvalue weighted by Crippen LogP contribution is -2.41. The molecule has 0 radical (unpaired) electrons. The van der Waals surface area contributed by atoms with Gasteiger partial charge in [0.15, 0.2) is 0 Å². The molecule has 0 aromatic heterocycles. The molecule has 0 aliphatic carbocycles. The molecule has 1 rings (SSSR count). The predicted molar refractivity (Wildman–Crippen MR) is 76.2 cm³/mol. The van der Waals surface area contributed by atoms with Crippen LogP contribution in [-0.2, 0) is 0 Å². The number of rotatable bonds is 3. The van der Waals surface area contributed by atoms with Crippen molar-refractivity contribution in [1.29, 1.82) is 5.26 Å². The van der Waals surface area contributed by atoms with Crippen molar-refractivity contribution in [1.82, 2.24) is 0 Å². The molecule has 3 heteroatoms. The summed E-state index contributed by atoms with van der Waals surface area (Å²) in [5, 5.41) is 8.90. The zero-order chi connectivity index (χ0) is 13.1. The Morgan fingerprint density at radius 2 is 2.12 bits per heavy atom. The fourth-order valence-electron chi connectivity index (χ4n) is 1.66. The number of hydrogen-bond donors (Lipinski definition) is 0. The molecule has 0 aliphatic rings. The number of halogens is 1. The summed E-state index contributed by atoms with van der Waals surface area (Å²) in [5.41, 5.74) is 1.76. The third-order valence-electron chi connectivity index (χ3n) is 2.51. The zero-order valence-corrected chi connectivity index (χ0v) is 12.1. The topological polar surface area (TPSA) is 27.0 Å². The summed E-state index contributed by atoms with van der Waals surface area (Å²) >= 11 is 3.42. The van der Waals surface area contributed by atoms with Crippen LogP contribution >= 0.6 is 15.9 Å². The van der Waals surface area contributed by atoms with E-state index < -0.39 is 0 Å². The normalized spacial score (nSPS) is 10.8. The van der Waals surface area contributed by atoms with Crippen molar-refractivity contribution in [3.05, 3.63) is 40.9 Å². The minimum atomic E-state index is 0.0157. The zero-order valence-electron chi connectivity index (χ0n) is 10.5. The standard InChI is InChI=1S/C14H17BrN2/c1-5-8-17(14(2,3)4)12-7-6-11(10-16)13(15)9-12/h5-7,9H,1,8H2,2-4H3. The van der Waals surface area contributed by atoms with Crippen LogP contribution in [0.3, 0.4) is 0 Å². The Balaban J connectivity index is 3.17. The summed E-state index contributed by atoms with van der Waals surface area (Å²) in [6, 6.07) is 7.93. The number of nitriles is 1. The van der Waals surface area contributed by atoms with Crippen molar-refractivity contribution < 1.29 is 0 Å². The molecule has 0 N–H and O–H groups in total. The van der Waals surface area contributed by atoms with Gasteiger partial charge in [-0.05, 0) is 54.9 Å². The van der Waals surface area contributed by atoms with Crippen LogP contribution in [0.5, 0.6) is 0 Å². The number of benzene rings is 1. The fraction of sp³-hybridized carbons (Fsp3) is 0.357. The highest BCUT2D eigenvalue weighted by molar-refractivity contribution is 9.10. The molecule has 2 nitrogen and oxygen atoms in total. The van der Waals surface area contributed by atoms with Crippen molar-refractivity contribution in [2.45, 2.75) is 26.3 Å². The summed E-state index contributed by atoms with van der Waals surface area (Å²) in [6.07, 6.45) is 1.89. The van der Waals surface area contributed by atoms with Gasteiger partial charge in [-0.25, -0.2) is 0 Å². The average Bonchev–Trinajstić information content (AvgIpc) is 2.24. The molecule has 0 spiro atoms. The van der Waals surface area contributed by atoms with Crippen LogP contribution in [0.2, 0.25) is 0 Å². The summed E-state index contributed by atoms with van der Waals surface area (Å²) < 4.78 is 0.829. The molecule has 0 saturated heterocycles. The molecular formula is C14H17BrN2. The molecule has 0 unspecified atom stereocenters. The molecular weight excluding hydrogens is 276 g/mol. The van der Waals surface area contributed by atoms with Crippen LogP contribution in [0.15, 0.2) is 35.3 Å². The van der Waals surface area contributed by atoms with Crippen LogP contribution in [0.4, 0.5) is 5.69 Å². The molecule has 17 heavy (non-hydrogen) atoms. The van der Waals surface area contributed by atoms with Gasteiger partial charge in [-0.15, -0.1) is 6.58 Å². The van der Waals surface area contributed by atoms with Crippen molar-refractivity contribution >= 4 is 21.6 Å². The molecule has 0 bridgehead atoms. The highest BCUT2D eigenvalue weighted by Crippen LogP contribution is 2.28. The molecule has 0 fully saturated rings. The third kappa shape index (κ3) is 3.34. The third-order valence-corrected chi connectivity index (χ3v) is 3.16. The SMILES string of the molecule is C=CCN(c1ccc(C#N)c(Br)c1)C(C)(C)C. The quantitative estimate of drug-likeness (QED) is 0.784. The van der Waals surface area contributed by atoms with Crippen molar-refractivity contribution in [2.75, 3.05) is 11.4 Å². The Labute approximate surface area is 112 Å². The molecule has 0 aliphatic heterocycles. The second-order valence-electron chi connectivity index (χ2n) is 4.85. The highest BCUT2D eigenvalue weighted by Gasteiger charge is 2.20. The Bertz CT molecular complexity index is 452. The molecule has 0 atom stereocenters. The van der Waals surface area contributed by atoms with Gasteiger partial charge in [0.05, 0.1) is 5.56 Å². The molecule has 90 valence electrons. The van der Waals surface area contributed by atoms with Crippen LogP contribution in [0, 0.1) is 11.3 Å². The van der Waals surface area contributed by atoms with Crippen molar-refractivity contribution in [2.24, 2.45) is 0 Å². The smallest absolute Gasteiger partial charge is 0.100 e. The van der Waals surface area contributed by atoms with E-state index in [1.807, 2.05) is 24.3 Å². The van der Waals surface area contributed by atoms with Crippen LogP contribution in [0.1, 0.15) is 26.3 Å². The fourth-order valence-corrected chi connectivity index (χ4v) is 2.11. The van der Waals surface area contributed by atoms with Gasteiger partial charge in [-0.2, -0.15) is 5.26 Å². The maximum Gasteiger partial charge on any atom is 0.100 e. The molecule has 0 heterocycles. The lowest BCUT2D eigenvalue weighted by molar-refractivity contribution is 0.522. The van der Waals surface area contributed by atoms with E-state index in [0.29, 0.717) is 5.56 Å². The Hall–Kier alpha value is -1.27. The monoisotopic (exact) mass is 292 g/mol. The van der Waals surface area contributed by atoms with E-state index in [4.69, 9.17) is 5.26 Å². The van der Waals surface area contributed by atoms with Gasteiger partial charge in [0.2, 0.25) is 0 Å². The molecule has 0 amide bonds. The Morgan fingerprint density at radius 3 is 2.53 bits per heavy atom. The van der Waals surface area contributed by atoms with Gasteiger partial charge in [0.25, 0.3) is 0 Å². The molecule has 1 aromatic carbocycles. The predicted octanol–water partition coefficient (Wildman–Crippen LogP) is 4.11. The lowest BCUT2D eigenvalue weighted by atomic mass is 10.0. The maximum atomic E-state index is 8.90. The summed E-state index contributed by atoms with van der Waals surface area (Å²) in [4.78, 5) is 2.24. The first-order valence-corrected chi connectivity index (χ1v) is 6.27. The van der Waals surface area contributed by atoms with E-state index in [1.165, 1.54) is 0 Å². The van der Waals surface area contributed by atoms with Crippen LogP contribution in [0.25, 0.3) is 0 Å². The second-order valence-corrected chi connectivity index (χ2v) is 5.70. The van der Waals surface area contributed by atoms with Gasteiger partial charge in [-0.3, -0.25) is 0 Å². The maximum absolute atomic E-state index is 8.90. The van der Waals surface area contributed by atoms with E-state index >= 15 is 0 Å². The molecule has 1 aromatic rings. The second kappa shape index (κ2) is 5.37. The first kappa shape index (κ1) is 13.8. The van der Waals surface area contributed by atoms with E-state index in [-0.39, 0.29) is 5.54 Å². The summed E-state index contributed by atoms with van der Waals surface area (Å²) in [5.74, 6) is 0. The Morgan fingerprint density at radius 1 is 1.47 bits per heavy atom. The lowest BCUT2D eigenvalue weighted by Gasteiger charge is -2.37. The number of anilines is 1. The van der Waals surface area contributed by atoms with Crippen molar-refractivity contribution in [3.63, 3.8) is 0 Å². The van der Waals surface area contributed by atoms with Crippen LogP contribution < -0.4 is 4.90 Å². The molecule has 0 saturated carbocycles. The first-order chi connectivity index (χ1) is 7.90. The van der Waals surface area contributed by atoms with Crippen molar-refractivity contribution in [3.8, 4) is 6.07 Å². The van der Waals surface area contributed by atoms with Gasteiger partial charge in [-0.1, -0.05) is 6.08 Å². The van der Waals surface area contributed by atoms with E-state index in [0.717, 1.165) is 16.7 Å². The largest absolute Gasteiger partial charge is 0.363 e. The Kier molecular flexibility index (Phi) is 4.36. The minimum absolute atomic E-state index is 0.0157. The number of hydrogen-bond acceptors (Lipinski definition) is 2. The van der Waals surface area contributed by atoms with Crippen LogP contribution in [-0.4, -0.2) is 12.1 Å². The summed E-state index contributed by atoms with van der Waals surface area (Å²) in [7, 11) is 0. The average molecular weight is 293 g/mol. The van der Waals surface area contributed by atoms with Gasteiger partial charge in [0, 0.05) is 22.2 Å². The highest BCUT2D eigenvalue weighted by atomic mass is 79.9. The minimum Gasteiger partial charge on any atom is -0.363 e.